The summed E-state index contributed by atoms with van der Waals surface area (Å²) in [5.41, 5.74) is -4.26. The number of aliphatic hydroxyl groups excluding tert-OH is 1. The van der Waals surface area contributed by atoms with Gasteiger partial charge in [0.05, 0.1) is 19.8 Å². The van der Waals surface area contributed by atoms with Crippen LogP contribution in [0.2, 0.25) is 0 Å². The van der Waals surface area contributed by atoms with E-state index in [9.17, 15) is 39.3 Å². The van der Waals surface area contributed by atoms with Crippen LogP contribution in [0.15, 0.2) is 38.0 Å². The van der Waals surface area contributed by atoms with Gasteiger partial charge in [-0.1, -0.05) is 19.7 Å². The molecule has 0 aliphatic heterocycles. The molecule has 0 aliphatic rings. The number of carbonyl (C=O) groups excluding carboxylic acids is 3. The summed E-state index contributed by atoms with van der Waals surface area (Å²) in [6.07, 6.45) is 2.33. The maximum Gasteiger partial charge on any atom is 0.330 e. The Morgan fingerprint density at radius 3 is 1.26 bits per heavy atom. The van der Waals surface area contributed by atoms with Crippen molar-refractivity contribution in [2.24, 2.45) is 10.8 Å². The number of ether oxygens (including phenoxy) is 4. The number of carbonyl (C=O) groups is 5. The van der Waals surface area contributed by atoms with Crippen molar-refractivity contribution in [2.75, 3.05) is 39.6 Å². The Labute approximate surface area is 177 Å². The van der Waals surface area contributed by atoms with Crippen LogP contribution in [0.5, 0.6) is 0 Å². The molecule has 0 saturated carbocycles. The van der Waals surface area contributed by atoms with Gasteiger partial charge in [0.1, 0.15) is 25.2 Å². The molecular weight excluding hydrogens is 420 g/mol. The van der Waals surface area contributed by atoms with Crippen molar-refractivity contribution in [2.45, 2.75) is 0 Å². The first-order chi connectivity index (χ1) is 14.5. The Balaban J connectivity index is 5.57. The minimum Gasteiger partial charge on any atom is -0.481 e. The molecule has 3 N–H and O–H groups in total. The zero-order chi connectivity index (χ0) is 24.1. The quantitative estimate of drug-likeness (QED) is 0.155. The number of aliphatic carboxylic acids is 2. The normalized spacial score (nSPS) is 12.5. The Kier molecular flexibility index (Phi) is 11.5. The van der Waals surface area contributed by atoms with Crippen LogP contribution >= 0.6 is 0 Å². The second-order valence-electron chi connectivity index (χ2n) is 6.26. The van der Waals surface area contributed by atoms with Gasteiger partial charge in [-0.2, -0.15) is 0 Å². The van der Waals surface area contributed by atoms with E-state index in [-0.39, 0.29) is 0 Å². The highest BCUT2D eigenvalue weighted by atomic mass is 16.6. The fraction of sp³-hybridized carbons (Fsp3) is 0.421. The standard InChI is InChI=1S/C19H24O12/c1-4-13(21)29-10-18(7-20,16(24)25)8-28-9-19(17(26)27,11-30-14(22)5-2)12-31-15(23)6-3/h4-6,20H,1-3,7-12H2,(H,24,25)(H,26,27). The SMILES string of the molecule is C=CC(=O)OCC(CO)(COCC(COC(=O)C=C)(COC(=O)C=C)C(=O)O)C(=O)O. The Morgan fingerprint density at radius 1 is 0.645 bits per heavy atom. The topological polar surface area (TPSA) is 183 Å². The number of aliphatic hydroxyl groups is 1. The predicted octanol–water partition coefficient (Wildman–Crippen LogP) is -0.675. The van der Waals surface area contributed by atoms with Crippen molar-refractivity contribution >= 4 is 29.8 Å². The highest BCUT2D eigenvalue weighted by Crippen LogP contribution is 2.24. The van der Waals surface area contributed by atoms with Gasteiger partial charge >= 0.3 is 29.8 Å². The molecule has 12 heteroatoms. The van der Waals surface area contributed by atoms with Gasteiger partial charge in [0.15, 0.2) is 5.41 Å². The van der Waals surface area contributed by atoms with Crippen LogP contribution in [0, 0.1) is 10.8 Å². The summed E-state index contributed by atoms with van der Waals surface area (Å²) in [7, 11) is 0. The average molecular weight is 444 g/mol. The second kappa shape index (κ2) is 12.9. The van der Waals surface area contributed by atoms with Crippen molar-refractivity contribution < 1.29 is 58.2 Å². The Bertz CT molecular complexity index is 701. The summed E-state index contributed by atoms with van der Waals surface area (Å²) in [6.45, 7) is 4.42. The van der Waals surface area contributed by atoms with Crippen LogP contribution in [0.1, 0.15) is 0 Å². The molecule has 31 heavy (non-hydrogen) atoms. The largest absolute Gasteiger partial charge is 0.481 e. The summed E-state index contributed by atoms with van der Waals surface area (Å²) in [4.78, 5) is 57.4. The summed E-state index contributed by atoms with van der Waals surface area (Å²) < 4.78 is 19.4. The molecule has 12 nitrogen and oxygen atoms in total. The molecule has 172 valence electrons. The zero-order valence-corrected chi connectivity index (χ0v) is 16.6. The van der Waals surface area contributed by atoms with E-state index in [1.54, 1.807) is 0 Å². The van der Waals surface area contributed by atoms with Crippen molar-refractivity contribution in [3.05, 3.63) is 38.0 Å². The third kappa shape index (κ3) is 8.40. The monoisotopic (exact) mass is 444 g/mol. The minimum atomic E-state index is -2.13. The Hall–Kier alpha value is -3.51. The molecule has 0 aromatic carbocycles. The van der Waals surface area contributed by atoms with E-state index in [1.807, 2.05) is 0 Å². The molecule has 1 unspecified atom stereocenters. The number of rotatable bonds is 16. The van der Waals surface area contributed by atoms with E-state index in [4.69, 9.17) is 14.2 Å². The van der Waals surface area contributed by atoms with E-state index < -0.39 is 80.3 Å². The van der Waals surface area contributed by atoms with Gasteiger partial charge in [-0.3, -0.25) is 9.59 Å². The fourth-order valence-corrected chi connectivity index (χ4v) is 1.88. The number of esters is 3. The zero-order valence-electron chi connectivity index (χ0n) is 16.6. The second-order valence-corrected chi connectivity index (χ2v) is 6.26. The average Bonchev–Trinajstić information content (AvgIpc) is 2.76. The first kappa shape index (κ1) is 27.5. The van der Waals surface area contributed by atoms with Crippen molar-refractivity contribution in [3.8, 4) is 0 Å². The van der Waals surface area contributed by atoms with Crippen molar-refractivity contribution in [1.82, 2.24) is 0 Å². The van der Waals surface area contributed by atoms with Gasteiger partial charge in [-0.05, 0) is 0 Å². The van der Waals surface area contributed by atoms with Gasteiger partial charge in [-0.25, -0.2) is 14.4 Å². The smallest absolute Gasteiger partial charge is 0.330 e. The fourth-order valence-electron chi connectivity index (χ4n) is 1.88. The lowest BCUT2D eigenvalue weighted by Gasteiger charge is -2.31. The highest BCUT2D eigenvalue weighted by Gasteiger charge is 2.45. The lowest BCUT2D eigenvalue weighted by atomic mass is 9.89. The third-order valence-electron chi connectivity index (χ3n) is 3.94. The van der Waals surface area contributed by atoms with Crippen LogP contribution < -0.4 is 0 Å². The minimum absolute atomic E-state index is 0.776. The number of carboxylic acid groups (broad SMARTS) is 2. The first-order valence-electron chi connectivity index (χ1n) is 8.55. The van der Waals surface area contributed by atoms with Crippen LogP contribution in [0.4, 0.5) is 0 Å². The van der Waals surface area contributed by atoms with Crippen molar-refractivity contribution in [3.63, 3.8) is 0 Å². The van der Waals surface area contributed by atoms with Gasteiger partial charge in [-0.15, -0.1) is 0 Å². The molecule has 0 radical (unpaired) electrons. The molecule has 0 spiro atoms. The number of hydrogen-bond acceptors (Lipinski definition) is 10. The molecule has 0 saturated heterocycles. The molecule has 0 bridgehead atoms. The molecule has 1 atom stereocenters. The maximum absolute atomic E-state index is 11.9. The molecular formula is C19H24O12. The molecule has 0 aromatic heterocycles. The maximum atomic E-state index is 11.9. The van der Waals surface area contributed by atoms with E-state index in [0.717, 1.165) is 18.2 Å². The van der Waals surface area contributed by atoms with E-state index >= 15 is 0 Å². The van der Waals surface area contributed by atoms with E-state index in [1.165, 1.54) is 0 Å². The molecule has 0 amide bonds. The van der Waals surface area contributed by atoms with E-state index in [0.29, 0.717) is 0 Å². The summed E-state index contributed by atoms with van der Waals surface area (Å²) in [6, 6.07) is 0. The predicted molar refractivity (Wildman–Crippen MR) is 102 cm³/mol. The summed E-state index contributed by atoms with van der Waals surface area (Å²) in [5.74, 6) is -6.07. The van der Waals surface area contributed by atoms with Crippen molar-refractivity contribution in [1.29, 1.82) is 0 Å². The van der Waals surface area contributed by atoms with Crippen LogP contribution in [0.25, 0.3) is 0 Å². The van der Waals surface area contributed by atoms with Gasteiger partial charge in [0.25, 0.3) is 0 Å². The summed E-state index contributed by atoms with van der Waals surface area (Å²) in [5, 5.41) is 28.6. The van der Waals surface area contributed by atoms with Crippen LogP contribution in [-0.4, -0.2) is 84.8 Å². The van der Waals surface area contributed by atoms with Gasteiger partial charge in [0, 0.05) is 18.2 Å². The van der Waals surface area contributed by atoms with Crippen LogP contribution in [-0.2, 0) is 42.9 Å². The molecule has 0 aliphatic carbocycles. The first-order valence-corrected chi connectivity index (χ1v) is 8.55. The van der Waals surface area contributed by atoms with Gasteiger partial charge in [0.2, 0.25) is 0 Å². The number of hydrogen-bond donors (Lipinski definition) is 3. The molecule has 0 rings (SSSR count). The third-order valence-corrected chi connectivity index (χ3v) is 3.94. The molecule has 0 heterocycles. The number of carboxylic acids is 2. The lowest BCUT2D eigenvalue weighted by Crippen LogP contribution is -2.48. The summed E-state index contributed by atoms with van der Waals surface area (Å²) >= 11 is 0. The van der Waals surface area contributed by atoms with Crippen LogP contribution in [0.3, 0.4) is 0 Å². The van der Waals surface area contributed by atoms with E-state index in [2.05, 4.69) is 24.5 Å². The lowest BCUT2D eigenvalue weighted by molar-refractivity contribution is -0.176. The highest BCUT2D eigenvalue weighted by molar-refractivity contribution is 5.83. The molecule has 0 fully saturated rings. The van der Waals surface area contributed by atoms with Gasteiger partial charge < -0.3 is 34.3 Å². The Morgan fingerprint density at radius 2 is 0.968 bits per heavy atom. The molecule has 0 aromatic rings.